The van der Waals surface area contributed by atoms with Crippen molar-refractivity contribution in [1.82, 2.24) is 5.32 Å². The first kappa shape index (κ1) is 12.0. The zero-order valence-corrected chi connectivity index (χ0v) is 10.6. The number of nitrogens with one attached hydrogen (secondary N) is 1. The molecule has 88 valence electrons. The predicted molar refractivity (Wildman–Crippen MR) is 70.6 cm³/mol. The molecule has 3 N–H and O–H groups in total. The van der Waals surface area contributed by atoms with E-state index < -0.39 is 0 Å². The molecule has 0 aliphatic heterocycles. The summed E-state index contributed by atoms with van der Waals surface area (Å²) in [7, 11) is 0. The number of benzene rings is 1. The predicted octanol–water partition coefficient (Wildman–Crippen LogP) is 2.24. The lowest BCUT2D eigenvalue weighted by Gasteiger charge is -2.32. The van der Waals surface area contributed by atoms with Gasteiger partial charge in [0.05, 0.1) is 0 Å². The fraction of sp³-hybridized carbons (Fsp3) is 0.538. The van der Waals surface area contributed by atoms with Crippen LogP contribution in [-0.4, -0.2) is 18.8 Å². The van der Waals surface area contributed by atoms with E-state index in [2.05, 4.69) is 35.8 Å². The molecule has 3 heteroatoms. The van der Waals surface area contributed by atoms with Gasteiger partial charge in [0, 0.05) is 17.5 Å². The van der Waals surface area contributed by atoms with Gasteiger partial charge >= 0.3 is 0 Å². The fourth-order valence-electron chi connectivity index (χ4n) is 2.12. The summed E-state index contributed by atoms with van der Waals surface area (Å²) in [5.74, 6) is 0.806. The van der Waals surface area contributed by atoms with E-state index in [0.717, 1.165) is 19.0 Å². The number of nitrogens with two attached hydrogens (primary N) is 1. The maximum Gasteiger partial charge on any atom is 0.0205 e. The van der Waals surface area contributed by atoms with Crippen LogP contribution in [-0.2, 0) is 6.54 Å². The van der Waals surface area contributed by atoms with Crippen molar-refractivity contribution in [2.24, 2.45) is 11.7 Å². The zero-order chi connectivity index (χ0) is 11.4. The average Bonchev–Trinajstić information content (AvgIpc) is 2.27. The van der Waals surface area contributed by atoms with Crippen molar-refractivity contribution in [2.75, 3.05) is 12.8 Å². The van der Waals surface area contributed by atoms with Crippen molar-refractivity contribution >= 4 is 11.8 Å². The van der Waals surface area contributed by atoms with Crippen LogP contribution in [0, 0.1) is 5.92 Å². The van der Waals surface area contributed by atoms with Crippen LogP contribution in [0.15, 0.2) is 29.2 Å². The third-order valence-corrected chi connectivity index (χ3v) is 3.94. The molecule has 0 saturated heterocycles. The quantitative estimate of drug-likeness (QED) is 0.770. The summed E-state index contributed by atoms with van der Waals surface area (Å²) in [6.07, 6.45) is 4.49. The SMILES string of the molecule is CSc1ccc(CNCC2CC(N)C2)cc1. The maximum atomic E-state index is 5.75. The summed E-state index contributed by atoms with van der Waals surface area (Å²) in [6.45, 7) is 2.08. The van der Waals surface area contributed by atoms with Crippen molar-refractivity contribution in [3.05, 3.63) is 29.8 Å². The van der Waals surface area contributed by atoms with Crippen LogP contribution in [0.25, 0.3) is 0 Å². The Kier molecular flexibility index (Phi) is 4.27. The van der Waals surface area contributed by atoms with E-state index in [1.54, 1.807) is 11.8 Å². The molecule has 0 radical (unpaired) electrons. The molecule has 0 unspecified atom stereocenters. The van der Waals surface area contributed by atoms with Gasteiger partial charge in [-0.25, -0.2) is 0 Å². The molecule has 2 rings (SSSR count). The Balaban J connectivity index is 1.68. The van der Waals surface area contributed by atoms with Gasteiger partial charge in [-0.1, -0.05) is 12.1 Å². The first-order valence-electron chi connectivity index (χ1n) is 5.87. The van der Waals surface area contributed by atoms with Crippen molar-refractivity contribution in [3.8, 4) is 0 Å². The van der Waals surface area contributed by atoms with Crippen molar-refractivity contribution in [2.45, 2.75) is 30.3 Å². The van der Waals surface area contributed by atoms with Crippen LogP contribution in [0.1, 0.15) is 18.4 Å². The van der Waals surface area contributed by atoms with Crippen molar-refractivity contribution < 1.29 is 0 Å². The van der Waals surface area contributed by atoms with E-state index >= 15 is 0 Å². The Labute approximate surface area is 102 Å². The van der Waals surface area contributed by atoms with Crippen LogP contribution in [0.2, 0.25) is 0 Å². The lowest BCUT2D eigenvalue weighted by atomic mass is 9.81. The molecule has 0 amide bonds. The summed E-state index contributed by atoms with van der Waals surface area (Å²) in [6, 6.07) is 9.23. The van der Waals surface area contributed by atoms with Gasteiger partial charge in [-0.15, -0.1) is 11.8 Å². The number of rotatable bonds is 5. The highest BCUT2D eigenvalue weighted by Crippen LogP contribution is 2.24. The topological polar surface area (TPSA) is 38.0 Å². The third kappa shape index (κ3) is 3.24. The maximum absolute atomic E-state index is 5.75. The van der Waals surface area contributed by atoms with Crippen LogP contribution in [0.5, 0.6) is 0 Å². The molecule has 1 saturated carbocycles. The Bertz CT molecular complexity index is 317. The van der Waals surface area contributed by atoms with E-state index in [1.165, 1.54) is 23.3 Å². The molecule has 0 aromatic heterocycles. The van der Waals surface area contributed by atoms with Gasteiger partial charge in [-0.05, 0) is 49.3 Å². The van der Waals surface area contributed by atoms with E-state index in [0.29, 0.717) is 6.04 Å². The molecular formula is C13H20N2S. The smallest absolute Gasteiger partial charge is 0.0205 e. The van der Waals surface area contributed by atoms with Crippen LogP contribution in [0.3, 0.4) is 0 Å². The summed E-state index contributed by atoms with van der Waals surface area (Å²) < 4.78 is 0. The lowest BCUT2D eigenvalue weighted by Crippen LogP contribution is -2.41. The molecule has 1 fully saturated rings. The minimum absolute atomic E-state index is 0.465. The number of thioether (sulfide) groups is 1. The molecule has 1 aliphatic rings. The van der Waals surface area contributed by atoms with E-state index in [-0.39, 0.29) is 0 Å². The molecule has 0 spiro atoms. The molecule has 16 heavy (non-hydrogen) atoms. The molecule has 1 aliphatic carbocycles. The second-order valence-corrected chi connectivity index (χ2v) is 5.46. The standard InChI is InChI=1S/C13H20N2S/c1-16-13-4-2-10(3-5-13)8-15-9-11-6-12(14)7-11/h2-5,11-12,15H,6-9,14H2,1H3. The molecule has 0 bridgehead atoms. The van der Waals surface area contributed by atoms with Gasteiger partial charge in [0.2, 0.25) is 0 Å². The van der Waals surface area contributed by atoms with Crippen LogP contribution < -0.4 is 11.1 Å². The van der Waals surface area contributed by atoms with E-state index in [9.17, 15) is 0 Å². The Hall–Kier alpha value is -0.510. The van der Waals surface area contributed by atoms with Crippen LogP contribution in [0.4, 0.5) is 0 Å². The largest absolute Gasteiger partial charge is 0.328 e. The second-order valence-electron chi connectivity index (χ2n) is 4.58. The van der Waals surface area contributed by atoms with Gasteiger partial charge in [-0.3, -0.25) is 0 Å². The van der Waals surface area contributed by atoms with Crippen molar-refractivity contribution in [3.63, 3.8) is 0 Å². The highest BCUT2D eigenvalue weighted by molar-refractivity contribution is 7.98. The summed E-state index contributed by atoms with van der Waals surface area (Å²) in [5, 5.41) is 3.50. The fourth-order valence-corrected chi connectivity index (χ4v) is 2.53. The van der Waals surface area contributed by atoms with Gasteiger partial charge in [0.1, 0.15) is 0 Å². The highest BCUT2D eigenvalue weighted by Gasteiger charge is 2.24. The molecule has 0 heterocycles. The van der Waals surface area contributed by atoms with Gasteiger partial charge < -0.3 is 11.1 Å². The van der Waals surface area contributed by atoms with Gasteiger partial charge in [-0.2, -0.15) is 0 Å². The summed E-state index contributed by atoms with van der Waals surface area (Å²) >= 11 is 1.78. The Morgan fingerprint density at radius 3 is 2.56 bits per heavy atom. The Morgan fingerprint density at radius 1 is 1.31 bits per heavy atom. The van der Waals surface area contributed by atoms with Crippen molar-refractivity contribution in [1.29, 1.82) is 0 Å². The number of hydrogen-bond acceptors (Lipinski definition) is 3. The molecule has 1 aromatic carbocycles. The highest BCUT2D eigenvalue weighted by atomic mass is 32.2. The van der Waals surface area contributed by atoms with E-state index in [4.69, 9.17) is 5.73 Å². The molecule has 0 atom stereocenters. The zero-order valence-electron chi connectivity index (χ0n) is 9.78. The van der Waals surface area contributed by atoms with Crippen LogP contribution >= 0.6 is 11.8 Å². The summed E-state index contributed by atoms with van der Waals surface area (Å²) in [5.41, 5.74) is 7.12. The first-order valence-corrected chi connectivity index (χ1v) is 7.09. The monoisotopic (exact) mass is 236 g/mol. The molecule has 2 nitrogen and oxygen atoms in total. The first-order chi connectivity index (χ1) is 7.78. The third-order valence-electron chi connectivity index (χ3n) is 3.19. The average molecular weight is 236 g/mol. The molecular weight excluding hydrogens is 216 g/mol. The van der Waals surface area contributed by atoms with Gasteiger partial charge in [0.15, 0.2) is 0 Å². The minimum atomic E-state index is 0.465. The molecule has 1 aromatic rings. The second kappa shape index (κ2) is 5.71. The minimum Gasteiger partial charge on any atom is -0.328 e. The van der Waals surface area contributed by atoms with Gasteiger partial charge in [0.25, 0.3) is 0 Å². The van der Waals surface area contributed by atoms with E-state index in [1.807, 2.05) is 0 Å². The normalized spacial score (nSPS) is 24.1. The Morgan fingerprint density at radius 2 is 2.00 bits per heavy atom. The summed E-state index contributed by atoms with van der Waals surface area (Å²) in [4.78, 5) is 1.33. The lowest BCUT2D eigenvalue weighted by molar-refractivity contribution is 0.256. The number of hydrogen-bond donors (Lipinski definition) is 2.